The van der Waals surface area contributed by atoms with Gasteiger partial charge in [-0.2, -0.15) is 13.2 Å². The number of hydrogen-bond acceptors (Lipinski definition) is 6. The molecule has 0 bridgehead atoms. The number of carbonyl (C=O) groups excluding carboxylic acids is 1. The second-order valence-corrected chi connectivity index (χ2v) is 9.40. The number of nitrogens with one attached hydrogen (secondary N) is 1. The Hall–Kier alpha value is -2.95. The molecule has 174 valence electrons. The Morgan fingerprint density at radius 2 is 1.94 bits per heavy atom. The van der Waals surface area contributed by atoms with Gasteiger partial charge in [-0.25, -0.2) is 9.97 Å². The summed E-state index contributed by atoms with van der Waals surface area (Å²) >= 11 is 1.58. The molecule has 5 rings (SSSR count). The van der Waals surface area contributed by atoms with Crippen LogP contribution in [0, 0.1) is 0 Å². The number of aryl methyl sites for hydroxylation is 3. The van der Waals surface area contributed by atoms with Crippen LogP contribution in [0.25, 0.3) is 10.2 Å². The van der Waals surface area contributed by atoms with E-state index in [1.54, 1.807) is 16.2 Å². The van der Waals surface area contributed by atoms with Crippen molar-refractivity contribution in [1.82, 2.24) is 19.9 Å². The number of aromatic nitrogens is 3. The van der Waals surface area contributed by atoms with Crippen molar-refractivity contribution >= 4 is 33.3 Å². The maximum Gasteiger partial charge on any atom is 0.417 e. The SMILES string of the molecule is O=C(CCc1nc2sc3c(c2c(=O)[nH]1)CCC3)N1CCN(c2ccc(C(F)(F)F)cn2)CC1. The van der Waals surface area contributed by atoms with E-state index in [-0.39, 0.29) is 17.9 Å². The number of pyridine rings is 1. The topological polar surface area (TPSA) is 82.2 Å². The summed E-state index contributed by atoms with van der Waals surface area (Å²) < 4.78 is 38.1. The summed E-state index contributed by atoms with van der Waals surface area (Å²) in [5.74, 6) is 0.952. The number of thiophene rings is 1. The number of piperazine rings is 1. The molecule has 11 heteroatoms. The van der Waals surface area contributed by atoms with Crippen molar-refractivity contribution in [3.8, 4) is 0 Å². The van der Waals surface area contributed by atoms with Crippen LogP contribution in [-0.2, 0) is 30.2 Å². The number of alkyl halides is 3. The largest absolute Gasteiger partial charge is 0.417 e. The summed E-state index contributed by atoms with van der Waals surface area (Å²) in [4.78, 5) is 42.2. The van der Waals surface area contributed by atoms with Crippen LogP contribution >= 0.6 is 11.3 Å². The van der Waals surface area contributed by atoms with Crippen LogP contribution < -0.4 is 10.5 Å². The third-order valence-corrected chi connectivity index (χ3v) is 7.42. The van der Waals surface area contributed by atoms with Gasteiger partial charge in [0.15, 0.2) is 0 Å². The molecule has 0 aromatic carbocycles. The molecule has 1 saturated heterocycles. The second-order valence-electron chi connectivity index (χ2n) is 8.32. The highest BCUT2D eigenvalue weighted by molar-refractivity contribution is 7.18. The number of halogens is 3. The molecule has 0 spiro atoms. The molecule has 0 radical (unpaired) electrons. The number of amides is 1. The zero-order valence-corrected chi connectivity index (χ0v) is 18.6. The van der Waals surface area contributed by atoms with Gasteiger partial charge in [-0.3, -0.25) is 9.59 Å². The van der Waals surface area contributed by atoms with Crippen molar-refractivity contribution in [2.75, 3.05) is 31.1 Å². The zero-order valence-electron chi connectivity index (χ0n) is 17.7. The van der Waals surface area contributed by atoms with Crippen LogP contribution in [0.1, 0.15) is 34.7 Å². The van der Waals surface area contributed by atoms with Gasteiger partial charge in [-0.15, -0.1) is 11.3 Å². The number of rotatable bonds is 4. The van der Waals surface area contributed by atoms with E-state index in [2.05, 4.69) is 15.0 Å². The summed E-state index contributed by atoms with van der Waals surface area (Å²) in [6, 6.07) is 2.38. The fraction of sp³-hybridized carbons (Fsp3) is 0.455. The molecule has 0 saturated carbocycles. The van der Waals surface area contributed by atoms with Crippen molar-refractivity contribution in [2.24, 2.45) is 0 Å². The third-order valence-electron chi connectivity index (χ3n) is 6.23. The first-order chi connectivity index (χ1) is 15.8. The van der Waals surface area contributed by atoms with E-state index >= 15 is 0 Å². The predicted octanol–water partition coefficient (Wildman–Crippen LogP) is 3.17. The summed E-state index contributed by atoms with van der Waals surface area (Å²) in [5, 5.41) is 0.704. The molecule has 3 aromatic heterocycles. The summed E-state index contributed by atoms with van der Waals surface area (Å²) in [5.41, 5.74) is 0.225. The number of fused-ring (bicyclic) bond motifs is 3. The summed E-state index contributed by atoms with van der Waals surface area (Å²) in [7, 11) is 0. The van der Waals surface area contributed by atoms with Crippen LogP contribution in [0.5, 0.6) is 0 Å². The number of anilines is 1. The molecule has 0 atom stereocenters. The third kappa shape index (κ3) is 4.33. The van der Waals surface area contributed by atoms with Gasteiger partial charge in [-0.1, -0.05) is 0 Å². The molecule has 0 unspecified atom stereocenters. The number of H-pyrrole nitrogens is 1. The van der Waals surface area contributed by atoms with E-state index in [9.17, 15) is 22.8 Å². The lowest BCUT2D eigenvalue weighted by molar-refractivity contribution is -0.137. The monoisotopic (exact) mass is 477 g/mol. The molecule has 4 heterocycles. The van der Waals surface area contributed by atoms with E-state index in [4.69, 9.17) is 0 Å². The van der Waals surface area contributed by atoms with Crippen molar-refractivity contribution in [2.45, 2.75) is 38.3 Å². The molecular weight excluding hydrogens is 455 g/mol. The Kier molecular flexibility index (Phi) is 5.59. The molecule has 1 aliphatic heterocycles. The number of nitrogens with zero attached hydrogens (tertiary/aromatic N) is 4. The van der Waals surface area contributed by atoms with E-state index in [1.807, 2.05) is 4.90 Å². The molecule has 2 aliphatic rings. The Morgan fingerprint density at radius 3 is 2.64 bits per heavy atom. The number of hydrogen-bond donors (Lipinski definition) is 1. The van der Waals surface area contributed by atoms with Crippen LogP contribution in [0.15, 0.2) is 23.1 Å². The van der Waals surface area contributed by atoms with Crippen molar-refractivity contribution < 1.29 is 18.0 Å². The van der Waals surface area contributed by atoms with Gasteiger partial charge >= 0.3 is 6.18 Å². The van der Waals surface area contributed by atoms with Gasteiger partial charge in [0.25, 0.3) is 5.56 Å². The second kappa shape index (κ2) is 8.44. The summed E-state index contributed by atoms with van der Waals surface area (Å²) in [6.45, 7) is 1.90. The van der Waals surface area contributed by atoms with E-state index in [0.29, 0.717) is 49.6 Å². The average Bonchev–Trinajstić information content (AvgIpc) is 3.38. The smallest absolute Gasteiger partial charge is 0.353 e. The average molecular weight is 478 g/mol. The number of aromatic amines is 1. The predicted molar refractivity (Wildman–Crippen MR) is 119 cm³/mol. The van der Waals surface area contributed by atoms with Crippen molar-refractivity contribution in [1.29, 1.82) is 0 Å². The number of carbonyl (C=O) groups is 1. The molecule has 1 N–H and O–H groups in total. The van der Waals surface area contributed by atoms with Crippen LogP contribution in [0.3, 0.4) is 0 Å². The molecular formula is C22H22F3N5O2S. The van der Waals surface area contributed by atoms with Crippen molar-refractivity contribution in [3.63, 3.8) is 0 Å². The highest BCUT2D eigenvalue weighted by Crippen LogP contribution is 2.34. The first-order valence-electron chi connectivity index (χ1n) is 10.9. The normalized spacial score (nSPS) is 16.5. The first kappa shape index (κ1) is 21.9. The highest BCUT2D eigenvalue weighted by Gasteiger charge is 2.31. The van der Waals surface area contributed by atoms with Crippen LogP contribution in [0.2, 0.25) is 0 Å². The Morgan fingerprint density at radius 1 is 1.15 bits per heavy atom. The fourth-order valence-corrected chi connectivity index (χ4v) is 5.76. The minimum atomic E-state index is -4.41. The molecule has 3 aromatic rings. The zero-order chi connectivity index (χ0) is 23.2. The van der Waals surface area contributed by atoms with Gasteiger partial charge < -0.3 is 14.8 Å². The Bertz CT molecular complexity index is 1240. The van der Waals surface area contributed by atoms with Crippen LogP contribution in [-0.4, -0.2) is 51.9 Å². The van der Waals surface area contributed by atoms with E-state index < -0.39 is 11.7 Å². The molecule has 7 nitrogen and oxygen atoms in total. The lowest BCUT2D eigenvalue weighted by Crippen LogP contribution is -2.49. The van der Waals surface area contributed by atoms with Crippen molar-refractivity contribution in [3.05, 3.63) is 50.5 Å². The standard InChI is InChI=1S/C22H22F3N5O2S/c23-22(24,25)13-4-6-17(26-12-13)29-8-10-30(11-9-29)18(31)7-5-16-27-20(32)19-14-2-1-3-15(14)33-21(19)28-16/h4,6,12H,1-3,5,7-11H2,(H,27,28,32). The summed E-state index contributed by atoms with van der Waals surface area (Å²) in [6.07, 6.45) is 0.00735. The maximum absolute atomic E-state index is 12.7. The molecule has 1 fully saturated rings. The van der Waals surface area contributed by atoms with Gasteiger partial charge in [0.1, 0.15) is 16.5 Å². The van der Waals surface area contributed by atoms with Gasteiger partial charge in [0.2, 0.25) is 5.91 Å². The lowest BCUT2D eigenvalue weighted by Gasteiger charge is -2.35. The maximum atomic E-state index is 12.7. The van der Waals surface area contributed by atoms with E-state index in [0.717, 1.165) is 41.9 Å². The Labute approximate surface area is 191 Å². The lowest BCUT2D eigenvalue weighted by atomic mass is 10.2. The van der Waals surface area contributed by atoms with E-state index in [1.165, 1.54) is 10.9 Å². The molecule has 33 heavy (non-hydrogen) atoms. The Balaban J connectivity index is 1.17. The first-order valence-corrected chi connectivity index (χ1v) is 11.7. The molecule has 1 amide bonds. The van der Waals surface area contributed by atoms with Gasteiger partial charge in [0, 0.05) is 50.1 Å². The highest BCUT2D eigenvalue weighted by atomic mass is 32.1. The van der Waals surface area contributed by atoms with Crippen LogP contribution in [0.4, 0.5) is 19.0 Å². The van der Waals surface area contributed by atoms with Gasteiger partial charge in [-0.05, 0) is 37.0 Å². The minimum absolute atomic E-state index is 0.0357. The fourth-order valence-electron chi connectivity index (χ4n) is 4.47. The quantitative estimate of drug-likeness (QED) is 0.624. The molecule has 1 aliphatic carbocycles. The minimum Gasteiger partial charge on any atom is -0.353 e. The van der Waals surface area contributed by atoms with Gasteiger partial charge in [0.05, 0.1) is 10.9 Å².